The summed E-state index contributed by atoms with van der Waals surface area (Å²) in [5, 5.41) is 6.60. The Hall–Kier alpha value is -3.19. The first-order valence-electron chi connectivity index (χ1n) is 7.24. The highest BCUT2D eigenvalue weighted by Crippen LogP contribution is 2.20. The van der Waals surface area contributed by atoms with Crippen LogP contribution in [0.4, 0.5) is 11.5 Å². The minimum atomic E-state index is -0.235. The summed E-state index contributed by atoms with van der Waals surface area (Å²) in [6, 6.07) is 11.1. The molecule has 7 heteroatoms. The number of pyridine rings is 2. The quantitative estimate of drug-likeness (QED) is 0.601. The normalized spacial score (nSPS) is 10.8. The maximum Gasteiger partial charge on any atom is 0.275 e. The predicted octanol–water partition coefficient (Wildman–Crippen LogP) is 3.29. The number of amides is 1. The minimum Gasteiger partial charge on any atom is -0.384 e. The Morgan fingerprint density at radius 3 is 2.83 bits per heavy atom. The number of carbonyl (C=O) groups is 1. The van der Waals surface area contributed by atoms with Crippen molar-refractivity contribution in [3.8, 4) is 11.3 Å². The summed E-state index contributed by atoms with van der Waals surface area (Å²) in [4.78, 5) is 20.9. The molecule has 4 heterocycles. The van der Waals surface area contributed by atoms with Crippen molar-refractivity contribution in [3.05, 3.63) is 65.2 Å². The van der Waals surface area contributed by atoms with Gasteiger partial charge in [0.05, 0.1) is 11.4 Å². The number of fused-ring (bicyclic) bond motifs is 1. The van der Waals surface area contributed by atoms with Crippen LogP contribution >= 0.6 is 11.3 Å². The lowest BCUT2D eigenvalue weighted by Gasteiger charge is -2.02. The molecule has 0 atom stereocenters. The van der Waals surface area contributed by atoms with Crippen LogP contribution in [0.2, 0.25) is 0 Å². The van der Waals surface area contributed by atoms with Crippen molar-refractivity contribution in [1.82, 2.24) is 14.4 Å². The molecular formula is C17H13N5OS. The van der Waals surface area contributed by atoms with Crippen LogP contribution in [0.15, 0.2) is 59.6 Å². The first-order valence-corrected chi connectivity index (χ1v) is 8.18. The average molecular weight is 335 g/mol. The monoisotopic (exact) mass is 335 g/mol. The molecule has 6 nitrogen and oxygen atoms in total. The first kappa shape index (κ1) is 14.4. The average Bonchev–Trinajstić information content (AvgIpc) is 3.23. The number of nitrogens with one attached hydrogen (secondary N) is 1. The van der Waals surface area contributed by atoms with Gasteiger partial charge in [0.15, 0.2) is 0 Å². The molecule has 0 aliphatic heterocycles. The fourth-order valence-corrected chi connectivity index (χ4v) is 2.98. The van der Waals surface area contributed by atoms with E-state index in [2.05, 4.69) is 15.3 Å². The number of imidazole rings is 1. The van der Waals surface area contributed by atoms with E-state index < -0.39 is 0 Å². The van der Waals surface area contributed by atoms with E-state index in [1.807, 2.05) is 51.7 Å². The fraction of sp³-hybridized carbons (Fsp3) is 0. The molecule has 0 radical (unpaired) electrons. The smallest absolute Gasteiger partial charge is 0.275 e. The molecule has 4 rings (SSSR count). The zero-order valence-electron chi connectivity index (χ0n) is 12.5. The number of carbonyl (C=O) groups excluding carboxylic acids is 1. The summed E-state index contributed by atoms with van der Waals surface area (Å²) < 4.78 is 1.81. The molecule has 0 saturated heterocycles. The minimum absolute atomic E-state index is 0.235. The Kier molecular flexibility index (Phi) is 3.47. The van der Waals surface area contributed by atoms with Crippen molar-refractivity contribution in [2.45, 2.75) is 0 Å². The van der Waals surface area contributed by atoms with E-state index in [1.54, 1.807) is 12.3 Å². The van der Waals surface area contributed by atoms with Crippen molar-refractivity contribution in [2.24, 2.45) is 0 Å². The summed E-state index contributed by atoms with van der Waals surface area (Å²) in [5.41, 5.74) is 9.23. The van der Waals surface area contributed by atoms with Gasteiger partial charge >= 0.3 is 0 Å². The molecule has 0 spiro atoms. The third-order valence-electron chi connectivity index (χ3n) is 3.53. The van der Waals surface area contributed by atoms with Crippen LogP contribution in [0.5, 0.6) is 0 Å². The second-order valence-electron chi connectivity index (χ2n) is 5.22. The zero-order valence-corrected chi connectivity index (χ0v) is 13.3. The third kappa shape index (κ3) is 2.72. The van der Waals surface area contributed by atoms with E-state index in [-0.39, 0.29) is 5.91 Å². The standard InChI is InChI=1S/C17H13N5OS/c18-15-3-1-2-13(20-15)11-4-5-16-21-14(9-22(16)8-11)17(23)19-12-6-7-24-10-12/h1-10H,(H2,18,20)(H,19,23). The molecule has 0 fully saturated rings. The van der Waals surface area contributed by atoms with E-state index in [0.717, 1.165) is 16.9 Å². The lowest BCUT2D eigenvalue weighted by Crippen LogP contribution is -2.11. The van der Waals surface area contributed by atoms with Crippen LogP contribution in [-0.4, -0.2) is 20.3 Å². The highest BCUT2D eigenvalue weighted by molar-refractivity contribution is 7.08. The maximum absolute atomic E-state index is 12.3. The molecule has 0 aliphatic carbocycles. The van der Waals surface area contributed by atoms with Gasteiger partial charge in [0.2, 0.25) is 0 Å². The van der Waals surface area contributed by atoms with Gasteiger partial charge < -0.3 is 15.5 Å². The molecule has 24 heavy (non-hydrogen) atoms. The topological polar surface area (TPSA) is 85.3 Å². The number of nitrogen functional groups attached to an aromatic ring is 1. The van der Waals surface area contributed by atoms with Gasteiger partial charge in [-0.25, -0.2) is 9.97 Å². The summed E-state index contributed by atoms with van der Waals surface area (Å²) >= 11 is 1.52. The van der Waals surface area contributed by atoms with Crippen molar-refractivity contribution < 1.29 is 4.79 Å². The number of rotatable bonds is 3. The molecule has 0 aromatic carbocycles. The summed E-state index contributed by atoms with van der Waals surface area (Å²) in [6.45, 7) is 0. The predicted molar refractivity (Wildman–Crippen MR) is 95.1 cm³/mol. The second kappa shape index (κ2) is 5.78. The van der Waals surface area contributed by atoms with Crippen LogP contribution in [0.3, 0.4) is 0 Å². The summed E-state index contributed by atoms with van der Waals surface area (Å²) in [5.74, 6) is 0.231. The van der Waals surface area contributed by atoms with E-state index in [9.17, 15) is 4.79 Å². The van der Waals surface area contributed by atoms with Crippen LogP contribution in [0, 0.1) is 0 Å². The maximum atomic E-state index is 12.3. The van der Waals surface area contributed by atoms with Crippen LogP contribution in [0.25, 0.3) is 16.9 Å². The largest absolute Gasteiger partial charge is 0.384 e. The van der Waals surface area contributed by atoms with Gasteiger partial charge in [0.1, 0.15) is 17.2 Å². The lowest BCUT2D eigenvalue weighted by molar-refractivity contribution is 0.102. The van der Waals surface area contributed by atoms with Gasteiger partial charge in [0.25, 0.3) is 5.91 Å². The van der Waals surface area contributed by atoms with E-state index in [0.29, 0.717) is 17.2 Å². The molecule has 0 unspecified atom stereocenters. The van der Waals surface area contributed by atoms with Crippen molar-refractivity contribution >= 4 is 34.4 Å². The Bertz CT molecular complexity index is 1020. The van der Waals surface area contributed by atoms with E-state index >= 15 is 0 Å². The highest BCUT2D eigenvalue weighted by atomic mass is 32.1. The van der Waals surface area contributed by atoms with Crippen LogP contribution in [0.1, 0.15) is 10.5 Å². The Morgan fingerprint density at radius 2 is 2.04 bits per heavy atom. The van der Waals surface area contributed by atoms with Gasteiger partial charge in [-0.1, -0.05) is 6.07 Å². The van der Waals surface area contributed by atoms with Crippen LogP contribution in [-0.2, 0) is 0 Å². The van der Waals surface area contributed by atoms with Gasteiger partial charge in [-0.2, -0.15) is 11.3 Å². The molecule has 1 amide bonds. The number of nitrogens with zero attached hydrogens (tertiary/aromatic N) is 3. The lowest BCUT2D eigenvalue weighted by atomic mass is 10.2. The fourth-order valence-electron chi connectivity index (χ4n) is 2.40. The van der Waals surface area contributed by atoms with Crippen molar-refractivity contribution in [3.63, 3.8) is 0 Å². The summed E-state index contributed by atoms with van der Waals surface area (Å²) in [7, 11) is 0. The summed E-state index contributed by atoms with van der Waals surface area (Å²) in [6.07, 6.45) is 3.58. The Balaban J connectivity index is 1.67. The van der Waals surface area contributed by atoms with Gasteiger partial charge in [-0.15, -0.1) is 0 Å². The number of thiophene rings is 1. The Labute approximate surface area is 141 Å². The zero-order chi connectivity index (χ0) is 16.5. The van der Waals surface area contributed by atoms with E-state index in [1.165, 1.54) is 11.3 Å². The number of hydrogen-bond donors (Lipinski definition) is 2. The van der Waals surface area contributed by atoms with Gasteiger partial charge in [-0.05, 0) is 35.7 Å². The molecule has 4 aromatic heterocycles. The van der Waals surface area contributed by atoms with Crippen molar-refractivity contribution in [1.29, 1.82) is 0 Å². The van der Waals surface area contributed by atoms with E-state index in [4.69, 9.17) is 5.73 Å². The number of aromatic nitrogens is 3. The molecule has 0 aliphatic rings. The van der Waals surface area contributed by atoms with Crippen LogP contribution < -0.4 is 11.1 Å². The molecule has 4 aromatic rings. The first-order chi connectivity index (χ1) is 11.7. The number of hydrogen-bond acceptors (Lipinski definition) is 5. The molecule has 3 N–H and O–H groups in total. The van der Waals surface area contributed by atoms with Gasteiger partial charge in [-0.3, -0.25) is 4.79 Å². The highest BCUT2D eigenvalue weighted by Gasteiger charge is 2.12. The SMILES string of the molecule is Nc1cccc(-c2ccc3nc(C(=O)Nc4ccsc4)cn3c2)n1. The van der Waals surface area contributed by atoms with Crippen molar-refractivity contribution in [2.75, 3.05) is 11.1 Å². The molecule has 0 bridgehead atoms. The third-order valence-corrected chi connectivity index (χ3v) is 4.21. The van der Waals surface area contributed by atoms with Gasteiger partial charge in [0, 0.05) is 23.3 Å². The Morgan fingerprint density at radius 1 is 1.12 bits per heavy atom. The molecular weight excluding hydrogens is 322 g/mol. The number of nitrogens with two attached hydrogens (primary N) is 1. The molecule has 0 saturated carbocycles. The second-order valence-corrected chi connectivity index (χ2v) is 6.00. The number of anilines is 2. The molecule has 118 valence electrons.